The molecule has 1 aliphatic rings. The van der Waals surface area contributed by atoms with E-state index in [4.69, 9.17) is 11.6 Å². The van der Waals surface area contributed by atoms with Crippen LogP contribution < -0.4 is 0 Å². The first-order chi connectivity index (χ1) is 6.15. The van der Waals surface area contributed by atoms with Crippen molar-refractivity contribution in [3.63, 3.8) is 0 Å². The van der Waals surface area contributed by atoms with Crippen molar-refractivity contribution in [3.8, 4) is 0 Å². The Balaban J connectivity index is 2.92. The summed E-state index contributed by atoms with van der Waals surface area (Å²) in [7, 11) is 0. The van der Waals surface area contributed by atoms with Gasteiger partial charge in [0.2, 0.25) is 0 Å². The zero-order chi connectivity index (χ0) is 9.84. The minimum Gasteiger partial charge on any atom is -0.299 e. The molecular weight excluding hydrogens is 184 g/mol. The number of allylic oxidation sites excluding steroid dienone is 4. The molecule has 0 bridgehead atoms. The maximum Gasteiger partial charge on any atom is 0.137 e. The minimum atomic E-state index is 0.309. The molecule has 0 N–H and O–H groups in total. The van der Waals surface area contributed by atoms with E-state index in [1.54, 1.807) is 0 Å². The average Bonchev–Trinajstić information content (AvgIpc) is 2.08. The first-order valence-corrected chi connectivity index (χ1v) is 5.09. The summed E-state index contributed by atoms with van der Waals surface area (Å²) < 4.78 is 0. The number of rotatable bonds is 1. The van der Waals surface area contributed by atoms with Gasteiger partial charge in [0.15, 0.2) is 0 Å². The van der Waals surface area contributed by atoms with E-state index in [2.05, 4.69) is 13.0 Å². The molecule has 0 amide bonds. The van der Waals surface area contributed by atoms with Gasteiger partial charge in [0, 0.05) is 17.9 Å². The van der Waals surface area contributed by atoms with E-state index in [1.807, 2.05) is 6.92 Å². The molecule has 1 fully saturated rings. The van der Waals surface area contributed by atoms with Gasteiger partial charge in [-0.3, -0.25) is 4.79 Å². The fraction of sp³-hybridized carbons (Fsp3) is 0.545. The Labute approximate surface area is 84.5 Å². The lowest BCUT2D eigenvalue weighted by Crippen LogP contribution is -2.10. The SMILES string of the molecule is CC/C=C1/CCC(=O)C/C1=C(/C)Cl. The van der Waals surface area contributed by atoms with Crippen molar-refractivity contribution < 1.29 is 4.79 Å². The van der Waals surface area contributed by atoms with E-state index in [9.17, 15) is 4.79 Å². The van der Waals surface area contributed by atoms with E-state index >= 15 is 0 Å². The van der Waals surface area contributed by atoms with Gasteiger partial charge in [-0.05, 0) is 30.9 Å². The number of hydrogen-bond donors (Lipinski definition) is 0. The van der Waals surface area contributed by atoms with Crippen LogP contribution in [0.2, 0.25) is 0 Å². The molecule has 0 atom stereocenters. The van der Waals surface area contributed by atoms with Crippen LogP contribution in [0.1, 0.15) is 39.5 Å². The van der Waals surface area contributed by atoms with Crippen LogP contribution in [0.4, 0.5) is 0 Å². The molecule has 1 nitrogen and oxygen atoms in total. The zero-order valence-electron chi connectivity index (χ0n) is 8.19. The van der Waals surface area contributed by atoms with Crippen LogP contribution in [0, 0.1) is 0 Å². The summed E-state index contributed by atoms with van der Waals surface area (Å²) in [6, 6.07) is 0. The summed E-state index contributed by atoms with van der Waals surface area (Å²) in [4.78, 5) is 11.2. The summed E-state index contributed by atoms with van der Waals surface area (Å²) in [5.74, 6) is 0.309. The van der Waals surface area contributed by atoms with Gasteiger partial charge >= 0.3 is 0 Å². The Morgan fingerprint density at radius 3 is 2.77 bits per heavy atom. The standard InChI is InChI=1S/C11H15ClO/c1-3-4-9-5-6-10(13)7-11(9)8(2)12/h4H,3,5-7H2,1-2H3/b9-4-,11-8+. The molecule has 0 saturated heterocycles. The van der Waals surface area contributed by atoms with Crippen LogP contribution in [-0.2, 0) is 4.79 Å². The smallest absolute Gasteiger partial charge is 0.137 e. The third-order valence-corrected chi connectivity index (χ3v) is 2.53. The summed E-state index contributed by atoms with van der Waals surface area (Å²) in [6.07, 6.45) is 5.26. The lowest BCUT2D eigenvalue weighted by molar-refractivity contribution is -0.118. The predicted molar refractivity (Wildman–Crippen MR) is 55.8 cm³/mol. The van der Waals surface area contributed by atoms with Crippen molar-refractivity contribution in [2.45, 2.75) is 39.5 Å². The first kappa shape index (κ1) is 10.5. The van der Waals surface area contributed by atoms with Gasteiger partial charge in [-0.2, -0.15) is 0 Å². The van der Waals surface area contributed by atoms with E-state index in [-0.39, 0.29) is 0 Å². The summed E-state index contributed by atoms with van der Waals surface area (Å²) >= 11 is 5.94. The second kappa shape index (κ2) is 4.61. The third kappa shape index (κ3) is 2.70. The molecule has 0 aromatic heterocycles. The second-order valence-electron chi connectivity index (χ2n) is 3.37. The highest BCUT2D eigenvalue weighted by atomic mass is 35.5. The van der Waals surface area contributed by atoms with Crippen molar-refractivity contribution >= 4 is 17.4 Å². The molecule has 72 valence electrons. The molecule has 0 unspecified atom stereocenters. The van der Waals surface area contributed by atoms with Gasteiger partial charge < -0.3 is 0 Å². The normalized spacial score (nSPS) is 25.2. The highest BCUT2D eigenvalue weighted by Gasteiger charge is 2.18. The van der Waals surface area contributed by atoms with Crippen LogP contribution in [-0.4, -0.2) is 5.78 Å². The van der Waals surface area contributed by atoms with Crippen molar-refractivity contribution in [1.29, 1.82) is 0 Å². The van der Waals surface area contributed by atoms with Crippen LogP contribution in [0.5, 0.6) is 0 Å². The fourth-order valence-corrected chi connectivity index (χ4v) is 1.83. The van der Waals surface area contributed by atoms with E-state index in [1.165, 1.54) is 5.57 Å². The fourth-order valence-electron chi connectivity index (χ4n) is 1.64. The van der Waals surface area contributed by atoms with Gasteiger partial charge in [0.05, 0.1) is 0 Å². The minimum absolute atomic E-state index is 0.309. The van der Waals surface area contributed by atoms with Gasteiger partial charge in [-0.25, -0.2) is 0 Å². The highest BCUT2D eigenvalue weighted by molar-refractivity contribution is 6.30. The van der Waals surface area contributed by atoms with E-state index in [0.717, 1.165) is 23.4 Å². The van der Waals surface area contributed by atoms with Crippen molar-refractivity contribution in [3.05, 3.63) is 22.3 Å². The van der Waals surface area contributed by atoms with Crippen molar-refractivity contribution in [1.82, 2.24) is 0 Å². The molecule has 13 heavy (non-hydrogen) atoms. The molecule has 0 heterocycles. The van der Waals surface area contributed by atoms with E-state index < -0.39 is 0 Å². The molecule has 0 aromatic rings. The van der Waals surface area contributed by atoms with Gasteiger partial charge in [-0.1, -0.05) is 24.6 Å². The maximum absolute atomic E-state index is 11.2. The number of Topliss-reactive ketones (excluding diaryl/α,β-unsaturated/α-hetero) is 1. The van der Waals surface area contributed by atoms with Crippen molar-refractivity contribution in [2.24, 2.45) is 0 Å². The molecular formula is C11H15ClO. The molecule has 1 rings (SSSR count). The number of carbonyl (C=O) groups is 1. The predicted octanol–water partition coefficient (Wildman–Crippen LogP) is 3.59. The monoisotopic (exact) mass is 198 g/mol. The lowest BCUT2D eigenvalue weighted by atomic mass is 9.88. The molecule has 0 aliphatic heterocycles. The molecule has 0 aromatic carbocycles. The molecule has 0 spiro atoms. The average molecular weight is 199 g/mol. The van der Waals surface area contributed by atoms with Crippen molar-refractivity contribution in [2.75, 3.05) is 0 Å². The summed E-state index contributed by atoms with van der Waals surface area (Å²) in [5, 5.41) is 0.771. The Morgan fingerprint density at radius 2 is 2.23 bits per heavy atom. The zero-order valence-corrected chi connectivity index (χ0v) is 8.95. The Hall–Kier alpha value is -0.560. The second-order valence-corrected chi connectivity index (χ2v) is 3.93. The maximum atomic E-state index is 11.2. The summed E-state index contributed by atoms with van der Waals surface area (Å²) in [6.45, 7) is 3.96. The molecule has 1 saturated carbocycles. The Morgan fingerprint density at radius 1 is 1.54 bits per heavy atom. The topological polar surface area (TPSA) is 17.1 Å². The number of halogens is 1. The quantitative estimate of drug-likeness (QED) is 0.630. The van der Waals surface area contributed by atoms with Crippen LogP contribution >= 0.6 is 11.6 Å². The summed E-state index contributed by atoms with van der Waals surface area (Å²) in [5.41, 5.74) is 2.33. The van der Waals surface area contributed by atoms with Gasteiger partial charge in [0.1, 0.15) is 5.78 Å². The van der Waals surface area contributed by atoms with Crippen LogP contribution in [0.25, 0.3) is 0 Å². The third-order valence-electron chi connectivity index (χ3n) is 2.30. The van der Waals surface area contributed by atoms with Crippen LogP contribution in [0.3, 0.4) is 0 Å². The van der Waals surface area contributed by atoms with E-state index in [0.29, 0.717) is 18.6 Å². The lowest BCUT2D eigenvalue weighted by Gasteiger charge is -2.18. The largest absolute Gasteiger partial charge is 0.299 e. The molecule has 1 aliphatic carbocycles. The molecule has 0 radical (unpaired) electrons. The number of carbonyl (C=O) groups excluding carboxylic acids is 1. The van der Waals surface area contributed by atoms with Crippen LogP contribution in [0.15, 0.2) is 22.3 Å². The number of hydrogen-bond acceptors (Lipinski definition) is 1. The van der Waals surface area contributed by atoms with Gasteiger partial charge in [0.25, 0.3) is 0 Å². The first-order valence-electron chi connectivity index (χ1n) is 4.71. The Bertz CT molecular complexity index is 270. The van der Waals surface area contributed by atoms with Gasteiger partial charge in [-0.15, -0.1) is 0 Å². The number of ketones is 1. The molecule has 2 heteroatoms. The highest BCUT2D eigenvalue weighted by Crippen LogP contribution is 2.30. The Kier molecular flexibility index (Phi) is 3.73.